The van der Waals surface area contributed by atoms with Crippen molar-refractivity contribution in [3.8, 4) is 0 Å². The molecular weight excluding hydrogens is 208 g/mol. The molecule has 0 aromatic carbocycles. The second kappa shape index (κ2) is 5.21. The van der Waals surface area contributed by atoms with Crippen LogP contribution in [0.15, 0.2) is 0 Å². The third-order valence-electron chi connectivity index (χ3n) is 3.22. The molecule has 0 radical (unpaired) electrons. The number of nitrogens with two attached hydrogens (primary N) is 1. The van der Waals surface area contributed by atoms with Crippen molar-refractivity contribution < 1.29 is 4.79 Å². The highest BCUT2D eigenvalue weighted by Crippen LogP contribution is 2.46. The Kier molecular flexibility index (Phi) is 4.46. The van der Waals surface area contributed by atoms with Crippen LogP contribution >= 0.6 is 11.8 Å². The lowest BCUT2D eigenvalue weighted by Gasteiger charge is -2.20. The average Bonchev–Trinajstić information content (AvgIpc) is 2.96. The molecule has 0 spiro atoms. The summed E-state index contributed by atoms with van der Waals surface area (Å²) < 4.78 is 0.339. The molecule has 1 rings (SSSR count). The van der Waals surface area contributed by atoms with Gasteiger partial charge in [0.1, 0.15) is 0 Å². The molecule has 1 amide bonds. The molecule has 0 aliphatic heterocycles. The molecular formula is C11H22N2OS. The van der Waals surface area contributed by atoms with Gasteiger partial charge in [0.05, 0.1) is 5.92 Å². The highest BCUT2D eigenvalue weighted by molar-refractivity contribution is 8.00. The summed E-state index contributed by atoms with van der Waals surface area (Å²) in [6.45, 7) is 5.32. The zero-order valence-electron chi connectivity index (χ0n) is 9.88. The van der Waals surface area contributed by atoms with Gasteiger partial charge in [-0.3, -0.25) is 4.79 Å². The van der Waals surface area contributed by atoms with Crippen LogP contribution in [0.4, 0.5) is 0 Å². The van der Waals surface area contributed by atoms with E-state index in [1.807, 2.05) is 25.6 Å². The summed E-state index contributed by atoms with van der Waals surface area (Å²) in [4.78, 5) is 11.8. The molecule has 3 nitrogen and oxygen atoms in total. The van der Waals surface area contributed by atoms with E-state index in [4.69, 9.17) is 5.73 Å². The molecule has 1 aliphatic rings. The minimum atomic E-state index is -0.0392. The lowest BCUT2D eigenvalue weighted by Crippen LogP contribution is -2.41. The number of carbonyl (C=O) groups excluding carboxylic acids is 1. The van der Waals surface area contributed by atoms with Crippen LogP contribution in [0.5, 0.6) is 0 Å². The summed E-state index contributed by atoms with van der Waals surface area (Å²) in [6, 6.07) is 0. The Morgan fingerprint density at radius 3 is 2.47 bits per heavy atom. The average molecular weight is 230 g/mol. The molecule has 0 aromatic rings. The highest BCUT2D eigenvalue weighted by atomic mass is 32.2. The molecule has 0 heterocycles. The van der Waals surface area contributed by atoms with Crippen LogP contribution in [0.2, 0.25) is 0 Å². The second-order valence-electron chi connectivity index (χ2n) is 4.69. The highest BCUT2D eigenvalue weighted by Gasteiger charge is 2.42. The molecule has 88 valence electrons. The minimum Gasteiger partial charge on any atom is -0.354 e. The summed E-state index contributed by atoms with van der Waals surface area (Å²) in [7, 11) is 0. The number of hydrogen-bond acceptors (Lipinski definition) is 3. The third-order valence-corrected chi connectivity index (χ3v) is 4.64. The molecule has 1 aliphatic carbocycles. The van der Waals surface area contributed by atoms with E-state index in [0.29, 0.717) is 17.2 Å². The Labute approximate surface area is 96.6 Å². The fourth-order valence-corrected chi connectivity index (χ4v) is 2.38. The zero-order chi connectivity index (χ0) is 11.5. The Bertz CT molecular complexity index is 227. The van der Waals surface area contributed by atoms with E-state index in [1.54, 1.807) is 0 Å². The van der Waals surface area contributed by atoms with Gasteiger partial charge in [-0.25, -0.2) is 0 Å². The maximum absolute atomic E-state index is 11.8. The molecule has 1 atom stereocenters. The first kappa shape index (κ1) is 12.8. The van der Waals surface area contributed by atoms with E-state index in [0.717, 1.165) is 6.54 Å². The monoisotopic (exact) mass is 230 g/mol. The molecule has 4 heteroatoms. The van der Waals surface area contributed by atoms with Crippen LogP contribution < -0.4 is 11.1 Å². The lowest BCUT2D eigenvalue weighted by molar-refractivity contribution is -0.125. The van der Waals surface area contributed by atoms with Crippen LogP contribution in [0.1, 0.15) is 26.7 Å². The summed E-state index contributed by atoms with van der Waals surface area (Å²) in [5.74, 6) is 0.398. The van der Waals surface area contributed by atoms with Gasteiger partial charge in [-0.1, -0.05) is 13.8 Å². The van der Waals surface area contributed by atoms with E-state index in [2.05, 4.69) is 11.6 Å². The van der Waals surface area contributed by atoms with Crippen LogP contribution in [-0.2, 0) is 4.79 Å². The van der Waals surface area contributed by atoms with Crippen molar-refractivity contribution in [2.45, 2.75) is 31.4 Å². The fraction of sp³-hybridized carbons (Fsp3) is 0.909. The van der Waals surface area contributed by atoms with Gasteiger partial charge in [0.25, 0.3) is 0 Å². The third kappa shape index (κ3) is 3.38. The van der Waals surface area contributed by atoms with Crippen molar-refractivity contribution in [1.29, 1.82) is 0 Å². The molecule has 15 heavy (non-hydrogen) atoms. The van der Waals surface area contributed by atoms with E-state index < -0.39 is 0 Å². The molecule has 1 fully saturated rings. The first-order valence-corrected chi connectivity index (χ1v) is 6.80. The van der Waals surface area contributed by atoms with Crippen LogP contribution in [0.25, 0.3) is 0 Å². The largest absolute Gasteiger partial charge is 0.354 e. The molecule has 1 saturated carbocycles. The van der Waals surface area contributed by atoms with E-state index >= 15 is 0 Å². The summed E-state index contributed by atoms with van der Waals surface area (Å²) in [6.07, 6.45) is 4.56. The summed E-state index contributed by atoms with van der Waals surface area (Å²) >= 11 is 1.86. The number of hydrogen-bond donors (Lipinski definition) is 2. The lowest BCUT2D eigenvalue weighted by atomic mass is 9.95. The SMILES string of the molecule is CSC1(CNC(=O)C(CN)C(C)C)CC1. The molecule has 3 N–H and O–H groups in total. The first-order chi connectivity index (χ1) is 7.04. The Morgan fingerprint density at radius 1 is 1.53 bits per heavy atom. The van der Waals surface area contributed by atoms with E-state index in [-0.39, 0.29) is 11.8 Å². The van der Waals surface area contributed by atoms with Crippen LogP contribution in [0.3, 0.4) is 0 Å². The van der Waals surface area contributed by atoms with Crippen molar-refractivity contribution in [2.75, 3.05) is 19.3 Å². The maximum Gasteiger partial charge on any atom is 0.224 e. The van der Waals surface area contributed by atoms with Crippen molar-refractivity contribution in [3.63, 3.8) is 0 Å². The normalized spacial score (nSPS) is 20.1. The molecule has 0 aromatic heterocycles. The van der Waals surface area contributed by atoms with Gasteiger partial charge < -0.3 is 11.1 Å². The summed E-state index contributed by atoms with van der Waals surface area (Å²) in [5.41, 5.74) is 5.60. The van der Waals surface area contributed by atoms with Gasteiger partial charge in [-0.2, -0.15) is 11.8 Å². The Hall–Kier alpha value is -0.220. The molecule has 1 unspecified atom stereocenters. The minimum absolute atomic E-state index is 0.0392. The molecule has 0 saturated heterocycles. The van der Waals surface area contributed by atoms with Gasteiger partial charge in [-0.15, -0.1) is 0 Å². The van der Waals surface area contributed by atoms with Crippen LogP contribution in [0, 0.1) is 11.8 Å². The first-order valence-electron chi connectivity index (χ1n) is 5.57. The topological polar surface area (TPSA) is 55.1 Å². The number of carbonyl (C=O) groups is 1. The van der Waals surface area contributed by atoms with E-state index in [9.17, 15) is 4.79 Å². The van der Waals surface area contributed by atoms with Crippen molar-refractivity contribution in [2.24, 2.45) is 17.6 Å². The van der Waals surface area contributed by atoms with Gasteiger partial charge in [0, 0.05) is 17.8 Å². The van der Waals surface area contributed by atoms with Gasteiger partial charge in [-0.05, 0) is 25.0 Å². The smallest absolute Gasteiger partial charge is 0.224 e. The zero-order valence-corrected chi connectivity index (χ0v) is 10.7. The fourth-order valence-electron chi connectivity index (χ4n) is 1.65. The predicted molar refractivity (Wildman–Crippen MR) is 65.9 cm³/mol. The van der Waals surface area contributed by atoms with Crippen molar-refractivity contribution >= 4 is 17.7 Å². The maximum atomic E-state index is 11.8. The Balaban J connectivity index is 2.34. The predicted octanol–water partition coefficient (Wildman–Crippen LogP) is 1.23. The van der Waals surface area contributed by atoms with Crippen LogP contribution in [-0.4, -0.2) is 30.0 Å². The van der Waals surface area contributed by atoms with Gasteiger partial charge in [0.2, 0.25) is 5.91 Å². The number of amides is 1. The van der Waals surface area contributed by atoms with Gasteiger partial charge >= 0.3 is 0 Å². The number of rotatable bonds is 6. The number of nitrogens with one attached hydrogen (secondary N) is 1. The number of thioether (sulfide) groups is 1. The quantitative estimate of drug-likeness (QED) is 0.721. The standard InChI is InChI=1S/C11H22N2OS/c1-8(2)9(6-12)10(14)13-7-11(15-3)4-5-11/h8-9H,4-7,12H2,1-3H3,(H,13,14). The van der Waals surface area contributed by atoms with Crippen molar-refractivity contribution in [3.05, 3.63) is 0 Å². The van der Waals surface area contributed by atoms with Crippen molar-refractivity contribution in [1.82, 2.24) is 5.32 Å². The molecule has 0 bridgehead atoms. The summed E-state index contributed by atoms with van der Waals surface area (Å²) in [5, 5.41) is 3.03. The second-order valence-corrected chi connectivity index (χ2v) is 5.97. The Morgan fingerprint density at radius 2 is 2.13 bits per heavy atom. The van der Waals surface area contributed by atoms with Gasteiger partial charge in [0.15, 0.2) is 0 Å². The van der Waals surface area contributed by atoms with E-state index in [1.165, 1.54) is 12.8 Å².